The van der Waals surface area contributed by atoms with Gasteiger partial charge in [-0.1, -0.05) is 18.7 Å². The Kier molecular flexibility index (Phi) is 1.22. The predicted octanol–water partition coefficient (Wildman–Crippen LogP) is 1.63. The second-order valence-electron chi connectivity index (χ2n) is 2.81. The number of nitrogens with zero attached hydrogens (tertiary/aromatic N) is 2. The number of aryl methyl sites for hydroxylation is 1. The van der Waals surface area contributed by atoms with Gasteiger partial charge in [0.25, 0.3) is 0 Å². The Bertz CT molecular complexity index is 320. The molecule has 1 aliphatic carbocycles. The summed E-state index contributed by atoms with van der Waals surface area (Å²) in [5.41, 5.74) is 1.15. The maximum absolute atomic E-state index is 4.24. The molecule has 1 aromatic rings. The van der Waals surface area contributed by atoms with E-state index in [4.69, 9.17) is 0 Å². The fraction of sp³-hybridized carbons (Fsp3) is 0.222. The lowest BCUT2D eigenvalue weighted by Gasteiger charge is -2.19. The number of hydrogen-bond donors (Lipinski definition) is 0. The highest BCUT2D eigenvalue weighted by Crippen LogP contribution is 2.31. The summed E-state index contributed by atoms with van der Waals surface area (Å²) in [4.78, 5) is 4.24. The highest BCUT2D eigenvalue weighted by molar-refractivity contribution is 5.41. The van der Waals surface area contributed by atoms with Crippen molar-refractivity contribution in [3.63, 3.8) is 0 Å². The number of aromatic nitrogens is 2. The molecule has 1 heterocycles. The first-order chi connectivity index (χ1) is 5.29. The van der Waals surface area contributed by atoms with Gasteiger partial charge in [0.15, 0.2) is 0 Å². The second kappa shape index (κ2) is 2.09. The molecule has 0 spiro atoms. The van der Waals surface area contributed by atoms with Crippen LogP contribution in [-0.2, 0) is 7.05 Å². The minimum Gasteiger partial charge on any atom is -0.337 e. The van der Waals surface area contributed by atoms with Crippen LogP contribution in [0.15, 0.2) is 36.7 Å². The summed E-state index contributed by atoms with van der Waals surface area (Å²) in [6.45, 7) is 3.90. The predicted molar refractivity (Wildman–Crippen MR) is 44.2 cm³/mol. The molecule has 0 N–H and O–H groups in total. The molecule has 0 saturated heterocycles. The van der Waals surface area contributed by atoms with Crippen LogP contribution in [0.3, 0.4) is 0 Å². The summed E-state index contributed by atoms with van der Waals surface area (Å²) in [5, 5.41) is 0. The lowest BCUT2D eigenvalue weighted by atomic mass is 9.89. The maximum atomic E-state index is 4.24. The van der Waals surface area contributed by atoms with Gasteiger partial charge in [0, 0.05) is 19.4 Å². The van der Waals surface area contributed by atoms with Gasteiger partial charge in [0.2, 0.25) is 0 Å². The maximum Gasteiger partial charge on any atom is 0.119 e. The van der Waals surface area contributed by atoms with Crippen molar-refractivity contribution in [1.29, 1.82) is 0 Å². The second-order valence-corrected chi connectivity index (χ2v) is 2.81. The molecule has 0 fully saturated rings. The van der Waals surface area contributed by atoms with Crippen LogP contribution in [0.1, 0.15) is 11.7 Å². The average Bonchev–Trinajstić information content (AvgIpc) is 2.34. The Morgan fingerprint density at radius 1 is 1.64 bits per heavy atom. The molecular formula is C9H10N2. The lowest BCUT2D eigenvalue weighted by molar-refractivity contribution is 0.760. The highest BCUT2D eigenvalue weighted by Gasteiger charge is 2.20. The van der Waals surface area contributed by atoms with E-state index >= 15 is 0 Å². The molecule has 56 valence electrons. The third-order valence-corrected chi connectivity index (χ3v) is 2.04. The standard InChI is InChI=1S/C9H10N2/c1-7-3-4-8(7)9-10-5-6-11(9)2/h3-6,8H,1H2,2H3. The molecule has 1 aliphatic rings. The van der Waals surface area contributed by atoms with Gasteiger partial charge >= 0.3 is 0 Å². The molecule has 0 aromatic carbocycles. The molecule has 0 bridgehead atoms. The van der Waals surface area contributed by atoms with Crippen LogP contribution in [0.25, 0.3) is 0 Å². The Morgan fingerprint density at radius 3 is 2.82 bits per heavy atom. The van der Waals surface area contributed by atoms with Crippen LogP contribution in [0.5, 0.6) is 0 Å². The fourth-order valence-corrected chi connectivity index (χ4v) is 1.26. The highest BCUT2D eigenvalue weighted by atomic mass is 15.0. The zero-order valence-corrected chi connectivity index (χ0v) is 6.49. The van der Waals surface area contributed by atoms with E-state index in [0.717, 1.165) is 11.4 Å². The van der Waals surface area contributed by atoms with E-state index in [2.05, 4.69) is 17.6 Å². The Labute approximate surface area is 65.9 Å². The molecule has 2 rings (SSSR count). The summed E-state index contributed by atoms with van der Waals surface area (Å²) >= 11 is 0. The van der Waals surface area contributed by atoms with Crippen molar-refractivity contribution >= 4 is 0 Å². The molecule has 0 aliphatic heterocycles. The van der Waals surface area contributed by atoms with Gasteiger partial charge in [-0.3, -0.25) is 0 Å². The summed E-state index contributed by atoms with van der Waals surface area (Å²) in [7, 11) is 2.00. The van der Waals surface area contributed by atoms with Gasteiger partial charge in [0.1, 0.15) is 5.82 Å². The minimum atomic E-state index is 0.356. The SMILES string of the molecule is C=C1C=CC1c1nccn1C. The number of rotatable bonds is 1. The van der Waals surface area contributed by atoms with Crippen LogP contribution >= 0.6 is 0 Å². The number of hydrogen-bond acceptors (Lipinski definition) is 1. The molecule has 0 radical (unpaired) electrons. The van der Waals surface area contributed by atoms with Gasteiger partial charge in [-0.05, 0) is 5.57 Å². The Balaban J connectivity index is 2.38. The molecule has 0 amide bonds. The average molecular weight is 146 g/mol. The van der Waals surface area contributed by atoms with Crippen molar-refractivity contribution < 1.29 is 0 Å². The van der Waals surface area contributed by atoms with Crippen LogP contribution in [0.4, 0.5) is 0 Å². The van der Waals surface area contributed by atoms with Gasteiger partial charge in [-0.25, -0.2) is 4.98 Å². The summed E-state index contributed by atoms with van der Waals surface area (Å²) < 4.78 is 2.03. The van der Waals surface area contributed by atoms with E-state index in [1.807, 2.05) is 30.1 Å². The molecule has 2 nitrogen and oxygen atoms in total. The zero-order valence-electron chi connectivity index (χ0n) is 6.49. The number of imidazole rings is 1. The van der Waals surface area contributed by atoms with E-state index in [-0.39, 0.29) is 0 Å². The van der Waals surface area contributed by atoms with E-state index in [0.29, 0.717) is 5.92 Å². The number of allylic oxidation sites excluding steroid dienone is 3. The van der Waals surface area contributed by atoms with Crippen molar-refractivity contribution in [2.24, 2.45) is 7.05 Å². The summed E-state index contributed by atoms with van der Waals surface area (Å²) in [5.74, 6) is 1.44. The van der Waals surface area contributed by atoms with Crippen LogP contribution in [0.2, 0.25) is 0 Å². The third-order valence-electron chi connectivity index (χ3n) is 2.04. The van der Waals surface area contributed by atoms with Gasteiger partial charge in [0.05, 0.1) is 5.92 Å². The van der Waals surface area contributed by atoms with Gasteiger partial charge < -0.3 is 4.57 Å². The van der Waals surface area contributed by atoms with Crippen molar-refractivity contribution in [1.82, 2.24) is 9.55 Å². The topological polar surface area (TPSA) is 17.8 Å². The Morgan fingerprint density at radius 2 is 2.45 bits per heavy atom. The van der Waals surface area contributed by atoms with Crippen molar-refractivity contribution in [2.45, 2.75) is 5.92 Å². The molecule has 1 unspecified atom stereocenters. The third kappa shape index (κ3) is 0.827. The van der Waals surface area contributed by atoms with E-state index in [1.54, 1.807) is 0 Å². The first-order valence-electron chi connectivity index (χ1n) is 3.63. The first kappa shape index (κ1) is 6.40. The molecule has 1 atom stereocenters. The van der Waals surface area contributed by atoms with E-state index in [1.165, 1.54) is 0 Å². The quantitative estimate of drug-likeness (QED) is 0.588. The normalized spacial score (nSPS) is 21.9. The zero-order chi connectivity index (χ0) is 7.84. The first-order valence-corrected chi connectivity index (χ1v) is 3.63. The smallest absolute Gasteiger partial charge is 0.119 e. The molecule has 11 heavy (non-hydrogen) atoms. The molecule has 1 aromatic heterocycles. The molecule has 0 saturated carbocycles. The van der Waals surface area contributed by atoms with Gasteiger partial charge in [-0.15, -0.1) is 0 Å². The van der Waals surface area contributed by atoms with E-state index in [9.17, 15) is 0 Å². The van der Waals surface area contributed by atoms with Crippen molar-refractivity contribution in [3.05, 3.63) is 42.5 Å². The fourth-order valence-electron chi connectivity index (χ4n) is 1.26. The Hall–Kier alpha value is -1.31. The monoisotopic (exact) mass is 146 g/mol. The van der Waals surface area contributed by atoms with Crippen molar-refractivity contribution in [2.75, 3.05) is 0 Å². The van der Waals surface area contributed by atoms with Crippen LogP contribution < -0.4 is 0 Å². The van der Waals surface area contributed by atoms with Crippen LogP contribution in [-0.4, -0.2) is 9.55 Å². The lowest BCUT2D eigenvalue weighted by Crippen LogP contribution is -2.10. The summed E-state index contributed by atoms with van der Waals surface area (Å²) in [6.07, 6.45) is 7.91. The molecular weight excluding hydrogens is 136 g/mol. The summed E-state index contributed by atoms with van der Waals surface area (Å²) in [6, 6.07) is 0. The minimum absolute atomic E-state index is 0.356. The van der Waals surface area contributed by atoms with Crippen molar-refractivity contribution in [3.8, 4) is 0 Å². The molecule has 2 heteroatoms. The van der Waals surface area contributed by atoms with Crippen LogP contribution in [0, 0.1) is 0 Å². The largest absolute Gasteiger partial charge is 0.337 e. The van der Waals surface area contributed by atoms with Gasteiger partial charge in [-0.2, -0.15) is 0 Å². The van der Waals surface area contributed by atoms with E-state index < -0.39 is 0 Å².